The van der Waals surface area contributed by atoms with Crippen molar-refractivity contribution < 1.29 is 19.0 Å². The Morgan fingerprint density at radius 1 is 1.26 bits per heavy atom. The normalized spacial score (nSPS) is 31.5. The Bertz CT molecular complexity index is 934. The molecule has 3 aliphatic rings. The Balaban J connectivity index is 1.68. The van der Waals surface area contributed by atoms with Gasteiger partial charge in [-0.15, -0.1) is 0 Å². The summed E-state index contributed by atoms with van der Waals surface area (Å²) in [5.74, 6) is 0.131. The van der Waals surface area contributed by atoms with Gasteiger partial charge in [0.1, 0.15) is 24.0 Å². The van der Waals surface area contributed by atoms with E-state index in [2.05, 4.69) is 9.98 Å². The van der Waals surface area contributed by atoms with Gasteiger partial charge >= 0.3 is 0 Å². The Morgan fingerprint density at radius 3 is 2.93 bits per heavy atom. The molecule has 3 N–H and O–H groups in total. The minimum Gasteiger partial charge on any atom is -0.490 e. The first-order chi connectivity index (χ1) is 13.1. The third-order valence-corrected chi connectivity index (χ3v) is 5.92. The Kier molecular flexibility index (Phi) is 3.62. The summed E-state index contributed by atoms with van der Waals surface area (Å²) >= 11 is 0. The standard InChI is InChI=1S/C20H20FN3O3/c21-18-13(2-1-7-23-18)11-3-5-16-14(8-11)20(10-26-19(22)24-20)15-9-12(25)4-6-17(15)27-16/h1-3,5,7-8,12,15,17,25H,4,6,9-10H2,(H2,22,24)/t12?,15-,17-,20?/m0/s1. The summed E-state index contributed by atoms with van der Waals surface area (Å²) in [4.78, 5) is 8.41. The van der Waals surface area contributed by atoms with E-state index >= 15 is 0 Å². The summed E-state index contributed by atoms with van der Waals surface area (Å²) in [6.45, 7) is 0.294. The van der Waals surface area contributed by atoms with E-state index < -0.39 is 17.6 Å². The van der Waals surface area contributed by atoms with Crippen molar-refractivity contribution in [1.82, 2.24) is 4.98 Å². The molecule has 3 heterocycles. The summed E-state index contributed by atoms with van der Waals surface area (Å²) in [5.41, 5.74) is 7.08. The summed E-state index contributed by atoms with van der Waals surface area (Å²) in [6.07, 6.45) is 2.98. The van der Waals surface area contributed by atoms with E-state index in [9.17, 15) is 9.50 Å². The minimum atomic E-state index is -0.724. The highest BCUT2D eigenvalue weighted by Gasteiger charge is 2.55. The Labute approximate surface area is 155 Å². The van der Waals surface area contributed by atoms with Crippen LogP contribution in [0.15, 0.2) is 41.5 Å². The fourth-order valence-corrected chi connectivity index (χ4v) is 4.64. The van der Waals surface area contributed by atoms with Crippen molar-refractivity contribution in [3.63, 3.8) is 0 Å². The number of aliphatic imine (C=N–C) groups is 1. The second-order valence-electron chi connectivity index (χ2n) is 7.45. The number of aliphatic hydroxyl groups is 1. The van der Waals surface area contributed by atoms with Gasteiger partial charge in [-0.25, -0.2) is 9.98 Å². The number of nitrogens with two attached hydrogens (primary N) is 1. The lowest BCUT2D eigenvalue weighted by atomic mass is 9.67. The molecule has 6 nitrogen and oxygen atoms in total. The van der Waals surface area contributed by atoms with Gasteiger partial charge in [0.25, 0.3) is 6.02 Å². The predicted molar refractivity (Wildman–Crippen MR) is 96.6 cm³/mol. The van der Waals surface area contributed by atoms with Crippen molar-refractivity contribution in [1.29, 1.82) is 0 Å². The first kappa shape index (κ1) is 16.5. The number of amidine groups is 1. The fourth-order valence-electron chi connectivity index (χ4n) is 4.64. The van der Waals surface area contributed by atoms with Gasteiger partial charge in [0.05, 0.1) is 6.10 Å². The van der Waals surface area contributed by atoms with E-state index in [1.54, 1.807) is 12.1 Å². The fraction of sp³-hybridized carbons (Fsp3) is 0.400. The van der Waals surface area contributed by atoms with Gasteiger partial charge in [0.15, 0.2) is 0 Å². The molecule has 0 amide bonds. The molecule has 7 heteroatoms. The molecule has 5 rings (SSSR count). The molecule has 1 spiro atoms. The van der Waals surface area contributed by atoms with E-state index in [0.717, 1.165) is 12.0 Å². The number of rotatable bonds is 1. The van der Waals surface area contributed by atoms with Gasteiger partial charge in [-0.05, 0) is 49.1 Å². The lowest BCUT2D eigenvalue weighted by Gasteiger charge is -2.47. The summed E-state index contributed by atoms with van der Waals surface area (Å²) < 4.78 is 26.0. The number of aliphatic hydroxyl groups excluding tert-OH is 1. The van der Waals surface area contributed by atoms with E-state index in [-0.39, 0.29) is 18.0 Å². The Morgan fingerprint density at radius 2 is 2.15 bits per heavy atom. The highest BCUT2D eigenvalue weighted by Crippen LogP contribution is 2.53. The molecule has 1 fully saturated rings. The van der Waals surface area contributed by atoms with Crippen LogP contribution in [0.1, 0.15) is 24.8 Å². The first-order valence-electron chi connectivity index (χ1n) is 9.15. The lowest BCUT2D eigenvalue weighted by molar-refractivity contribution is -0.0359. The number of benzene rings is 1. The topological polar surface area (TPSA) is 90.0 Å². The van der Waals surface area contributed by atoms with Crippen LogP contribution in [-0.2, 0) is 10.3 Å². The van der Waals surface area contributed by atoms with Crippen molar-refractivity contribution in [2.45, 2.75) is 37.0 Å². The zero-order chi connectivity index (χ0) is 18.6. The average molecular weight is 369 g/mol. The van der Waals surface area contributed by atoms with Crippen LogP contribution >= 0.6 is 0 Å². The maximum absolute atomic E-state index is 14.2. The van der Waals surface area contributed by atoms with Crippen molar-refractivity contribution in [2.75, 3.05) is 6.61 Å². The number of hydrogen-bond donors (Lipinski definition) is 2. The van der Waals surface area contributed by atoms with Crippen LogP contribution in [0.25, 0.3) is 11.1 Å². The van der Waals surface area contributed by atoms with E-state index in [4.69, 9.17) is 15.2 Å². The molecule has 2 aliphatic heterocycles. The zero-order valence-corrected chi connectivity index (χ0v) is 14.6. The molecular formula is C20H20FN3O3. The maximum Gasteiger partial charge on any atom is 0.283 e. The number of nitrogens with zero attached hydrogens (tertiary/aromatic N) is 2. The molecule has 2 aromatic rings. The van der Waals surface area contributed by atoms with Crippen molar-refractivity contribution in [3.8, 4) is 16.9 Å². The number of pyridine rings is 1. The molecule has 0 radical (unpaired) electrons. The molecule has 0 bridgehead atoms. The Hall–Kier alpha value is -2.67. The quantitative estimate of drug-likeness (QED) is 0.753. The summed E-state index contributed by atoms with van der Waals surface area (Å²) in [6, 6.07) is 9.10. The predicted octanol–water partition coefficient (Wildman–Crippen LogP) is 2.35. The smallest absolute Gasteiger partial charge is 0.283 e. The van der Waals surface area contributed by atoms with Crippen LogP contribution in [0.5, 0.6) is 5.75 Å². The van der Waals surface area contributed by atoms with Crippen molar-refractivity contribution in [2.24, 2.45) is 16.6 Å². The second kappa shape index (κ2) is 5.92. The third-order valence-electron chi connectivity index (χ3n) is 5.92. The minimum absolute atomic E-state index is 0.0520. The zero-order valence-electron chi connectivity index (χ0n) is 14.6. The highest BCUT2D eigenvalue weighted by molar-refractivity contribution is 5.75. The van der Waals surface area contributed by atoms with Crippen molar-refractivity contribution in [3.05, 3.63) is 48.0 Å². The average Bonchev–Trinajstić information content (AvgIpc) is 3.06. The monoisotopic (exact) mass is 369 g/mol. The largest absolute Gasteiger partial charge is 0.490 e. The number of fused-ring (bicyclic) bond motifs is 4. The first-order valence-corrected chi connectivity index (χ1v) is 9.15. The van der Waals surface area contributed by atoms with Crippen LogP contribution in [0.3, 0.4) is 0 Å². The summed E-state index contributed by atoms with van der Waals surface area (Å²) in [7, 11) is 0. The second-order valence-corrected chi connectivity index (χ2v) is 7.45. The SMILES string of the molecule is NC1=NC2(CO1)c1cc(-c3cccnc3F)ccc1O[C@H]1CCC(O)C[C@@H]12. The van der Waals surface area contributed by atoms with Gasteiger partial charge in [-0.3, -0.25) is 0 Å². The van der Waals surface area contributed by atoms with Gasteiger partial charge in [-0.1, -0.05) is 6.07 Å². The van der Waals surface area contributed by atoms with Crippen molar-refractivity contribution >= 4 is 6.02 Å². The van der Waals surface area contributed by atoms with E-state index in [0.29, 0.717) is 36.3 Å². The molecular weight excluding hydrogens is 349 g/mol. The van der Waals surface area contributed by atoms with E-state index in [1.165, 1.54) is 6.20 Å². The molecule has 1 aliphatic carbocycles. The molecule has 2 unspecified atom stereocenters. The molecule has 4 atom stereocenters. The van der Waals surface area contributed by atoms with Crippen LogP contribution in [0, 0.1) is 11.9 Å². The number of ether oxygens (including phenoxy) is 2. The van der Waals surface area contributed by atoms with Crippen LogP contribution < -0.4 is 10.5 Å². The number of halogens is 1. The van der Waals surface area contributed by atoms with Crippen LogP contribution in [0.4, 0.5) is 4.39 Å². The molecule has 0 saturated heterocycles. The molecule has 27 heavy (non-hydrogen) atoms. The van der Waals surface area contributed by atoms with Gasteiger partial charge in [0, 0.05) is 23.2 Å². The number of aromatic nitrogens is 1. The summed E-state index contributed by atoms with van der Waals surface area (Å²) in [5, 5.41) is 10.2. The molecule has 1 aromatic heterocycles. The highest BCUT2D eigenvalue weighted by atomic mass is 19.1. The van der Waals surface area contributed by atoms with Gasteiger partial charge < -0.3 is 20.3 Å². The molecule has 140 valence electrons. The molecule has 1 saturated carbocycles. The van der Waals surface area contributed by atoms with Gasteiger partial charge in [0.2, 0.25) is 5.95 Å². The lowest BCUT2D eigenvalue weighted by Crippen LogP contribution is -2.51. The van der Waals surface area contributed by atoms with Crippen LogP contribution in [0.2, 0.25) is 0 Å². The van der Waals surface area contributed by atoms with Crippen LogP contribution in [-0.4, -0.2) is 34.9 Å². The molecule has 1 aromatic carbocycles. The van der Waals surface area contributed by atoms with Gasteiger partial charge in [-0.2, -0.15) is 4.39 Å². The third kappa shape index (κ3) is 2.49. The van der Waals surface area contributed by atoms with E-state index in [1.807, 2.05) is 18.2 Å². The number of hydrogen-bond acceptors (Lipinski definition) is 6. The maximum atomic E-state index is 14.2.